The molecule has 4 heteroatoms. The predicted octanol–water partition coefficient (Wildman–Crippen LogP) is 2.15. The highest BCUT2D eigenvalue weighted by atomic mass is 16.5. The average molecular weight is 276 g/mol. The molecule has 1 fully saturated rings. The molecule has 1 amide bonds. The first-order chi connectivity index (χ1) is 9.39. The molecule has 2 atom stereocenters. The Labute approximate surface area is 120 Å². The molecule has 0 aromatic heterocycles. The predicted molar refractivity (Wildman–Crippen MR) is 79.6 cm³/mol. The number of rotatable bonds is 7. The van der Waals surface area contributed by atoms with Gasteiger partial charge in [0.2, 0.25) is 5.91 Å². The van der Waals surface area contributed by atoms with Gasteiger partial charge in [-0.15, -0.1) is 0 Å². The summed E-state index contributed by atoms with van der Waals surface area (Å²) in [6.07, 6.45) is 2.72. The Morgan fingerprint density at radius 1 is 1.55 bits per heavy atom. The number of benzene rings is 1. The summed E-state index contributed by atoms with van der Waals surface area (Å²) in [6, 6.07) is 8.34. The number of carbonyl (C=O) groups excluding carboxylic acids is 1. The highest BCUT2D eigenvalue weighted by Gasteiger charge is 2.38. The maximum atomic E-state index is 11.7. The summed E-state index contributed by atoms with van der Waals surface area (Å²) in [7, 11) is 0. The summed E-state index contributed by atoms with van der Waals surface area (Å²) in [6.45, 7) is 5.86. The summed E-state index contributed by atoms with van der Waals surface area (Å²) in [5.74, 6) is 0.514. The molecule has 110 valence electrons. The van der Waals surface area contributed by atoms with Gasteiger partial charge in [0.25, 0.3) is 0 Å². The summed E-state index contributed by atoms with van der Waals surface area (Å²) in [5, 5.41) is 3.34. The van der Waals surface area contributed by atoms with Crippen LogP contribution in [0.4, 0.5) is 0 Å². The van der Waals surface area contributed by atoms with Crippen molar-refractivity contribution in [2.45, 2.75) is 57.7 Å². The van der Waals surface area contributed by atoms with Crippen LogP contribution in [0.15, 0.2) is 24.3 Å². The van der Waals surface area contributed by atoms with Crippen molar-refractivity contribution in [2.24, 2.45) is 5.73 Å². The number of primary amides is 1. The molecule has 0 saturated heterocycles. The molecule has 1 saturated carbocycles. The van der Waals surface area contributed by atoms with Crippen molar-refractivity contribution >= 4 is 5.91 Å². The van der Waals surface area contributed by atoms with Crippen LogP contribution in [0.25, 0.3) is 0 Å². The zero-order valence-electron chi connectivity index (χ0n) is 12.5. The van der Waals surface area contributed by atoms with Crippen molar-refractivity contribution in [1.29, 1.82) is 0 Å². The van der Waals surface area contributed by atoms with Gasteiger partial charge in [-0.2, -0.15) is 0 Å². The Kier molecular flexibility index (Phi) is 4.33. The van der Waals surface area contributed by atoms with E-state index >= 15 is 0 Å². The van der Waals surface area contributed by atoms with E-state index < -0.39 is 5.54 Å². The normalized spacial score (nSPS) is 19.1. The molecule has 2 unspecified atom stereocenters. The van der Waals surface area contributed by atoms with Gasteiger partial charge < -0.3 is 15.8 Å². The molecule has 3 N–H and O–H groups in total. The molecule has 0 aliphatic heterocycles. The fourth-order valence-corrected chi connectivity index (χ4v) is 2.45. The average Bonchev–Trinajstić information content (AvgIpc) is 3.12. The van der Waals surface area contributed by atoms with E-state index in [1.165, 1.54) is 0 Å². The number of ether oxygens (including phenoxy) is 1. The molecule has 0 radical (unpaired) electrons. The third-order valence-corrected chi connectivity index (χ3v) is 3.67. The first-order valence-corrected chi connectivity index (χ1v) is 7.20. The number of hydrogen-bond donors (Lipinski definition) is 2. The van der Waals surface area contributed by atoms with Crippen LogP contribution >= 0.6 is 0 Å². The second-order valence-corrected chi connectivity index (χ2v) is 6.06. The summed E-state index contributed by atoms with van der Waals surface area (Å²) >= 11 is 0. The first kappa shape index (κ1) is 14.9. The van der Waals surface area contributed by atoms with Crippen molar-refractivity contribution in [1.82, 2.24) is 5.32 Å². The number of hydrogen-bond acceptors (Lipinski definition) is 3. The fourth-order valence-electron chi connectivity index (χ4n) is 2.45. The van der Waals surface area contributed by atoms with Crippen LogP contribution in [0.3, 0.4) is 0 Å². The van der Waals surface area contributed by atoms with Crippen molar-refractivity contribution < 1.29 is 9.53 Å². The number of aryl methyl sites for hydroxylation is 1. The Hall–Kier alpha value is -1.55. The molecule has 1 aliphatic rings. The van der Waals surface area contributed by atoms with Crippen LogP contribution in [0.2, 0.25) is 0 Å². The third kappa shape index (κ3) is 3.97. The molecule has 20 heavy (non-hydrogen) atoms. The maximum absolute atomic E-state index is 11.7. The van der Waals surface area contributed by atoms with Crippen LogP contribution in [0.5, 0.6) is 5.75 Å². The summed E-state index contributed by atoms with van der Waals surface area (Å²) in [5.41, 5.74) is 6.01. The van der Waals surface area contributed by atoms with Gasteiger partial charge in [-0.05, 0) is 51.3 Å². The Balaban J connectivity index is 1.97. The van der Waals surface area contributed by atoms with Gasteiger partial charge in [0.1, 0.15) is 5.75 Å². The van der Waals surface area contributed by atoms with Crippen LogP contribution in [-0.4, -0.2) is 23.6 Å². The lowest BCUT2D eigenvalue weighted by molar-refractivity contribution is -0.124. The zero-order valence-corrected chi connectivity index (χ0v) is 12.5. The lowest BCUT2D eigenvalue weighted by Gasteiger charge is -2.30. The van der Waals surface area contributed by atoms with E-state index in [9.17, 15) is 4.79 Å². The lowest BCUT2D eigenvalue weighted by atomic mass is 9.93. The highest BCUT2D eigenvalue weighted by molar-refractivity contribution is 5.84. The zero-order chi connectivity index (χ0) is 14.8. The van der Waals surface area contributed by atoms with Crippen molar-refractivity contribution in [3.05, 3.63) is 29.8 Å². The molecule has 1 aromatic carbocycles. The monoisotopic (exact) mass is 276 g/mol. The van der Waals surface area contributed by atoms with Crippen LogP contribution < -0.4 is 15.8 Å². The van der Waals surface area contributed by atoms with E-state index in [2.05, 4.69) is 5.32 Å². The molecule has 1 aliphatic carbocycles. The second-order valence-electron chi connectivity index (χ2n) is 6.06. The van der Waals surface area contributed by atoms with Crippen molar-refractivity contribution in [3.8, 4) is 5.75 Å². The largest absolute Gasteiger partial charge is 0.491 e. The second kappa shape index (κ2) is 5.83. The minimum atomic E-state index is -0.704. The molecule has 2 rings (SSSR count). The Morgan fingerprint density at radius 2 is 2.25 bits per heavy atom. The Bertz CT molecular complexity index is 485. The molecule has 0 bridgehead atoms. The minimum Gasteiger partial charge on any atom is -0.491 e. The van der Waals surface area contributed by atoms with Crippen LogP contribution in [-0.2, 0) is 4.79 Å². The van der Waals surface area contributed by atoms with E-state index in [0.29, 0.717) is 12.5 Å². The topological polar surface area (TPSA) is 64.3 Å². The molecule has 1 aromatic rings. The molecule has 4 nitrogen and oxygen atoms in total. The van der Waals surface area contributed by atoms with E-state index in [1.807, 2.05) is 45.0 Å². The van der Waals surface area contributed by atoms with Gasteiger partial charge in [0, 0.05) is 12.5 Å². The van der Waals surface area contributed by atoms with Gasteiger partial charge in [-0.25, -0.2) is 0 Å². The first-order valence-electron chi connectivity index (χ1n) is 7.20. The summed E-state index contributed by atoms with van der Waals surface area (Å²) in [4.78, 5) is 11.7. The molecular weight excluding hydrogens is 252 g/mol. The van der Waals surface area contributed by atoms with E-state index in [1.54, 1.807) is 0 Å². The van der Waals surface area contributed by atoms with Gasteiger partial charge >= 0.3 is 0 Å². The molecular formula is C16H24N2O2. The smallest absolute Gasteiger partial charge is 0.237 e. The summed E-state index contributed by atoms with van der Waals surface area (Å²) < 4.78 is 5.90. The SMILES string of the molecule is Cc1cccc(OC(C)CC(C)(NC2CC2)C(N)=O)c1. The number of nitrogens with one attached hydrogen (secondary N) is 1. The molecule has 0 spiro atoms. The van der Waals surface area contributed by atoms with Gasteiger partial charge in [0.15, 0.2) is 0 Å². The Morgan fingerprint density at radius 3 is 2.80 bits per heavy atom. The standard InChI is InChI=1S/C16H24N2O2/c1-11-5-4-6-14(9-11)20-12(2)10-16(3,15(17)19)18-13-7-8-13/h4-6,9,12-13,18H,7-8,10H2,1-3H3,(H2,17,19). The van der Waals surface area contributed by atoms with E-state index in [0.717, 1.165) is 24.2 Å². The maximum Gasteiger partial charge on any atom is 0.237 e. The third-order valence-electron chi connectivity index (χ3n) is 3.67. The number of amides is 1. The van der Waals surface area contributed by atoms with Gasteiger partial charge in [-0.3, -0.25) is 4.79 Å². The fraction of sp³-hybridized carbons (Fsp3) is 0.562. The van der Waals surface area contributed by atoms with Crippen molar-refractivity contribution in [3.63, 3.8) is 0 Å². The van der Waals surface area contributed by atoms with Gasteiger partial charge in [-0.1, -0.05) is 12.1 Å². The number of nitrogens with two attached hydrogens (primary N) is 1. The molecule has 0 heterocycles. The van der Waals surface area contributed by atoms with Crippen molar-refractivity contribution in [2.75, 3.05) is 0 Å². The number of carbonyl (C=O) groups is 1. The highest BCUT2D eigenvalue weighted by Crippen LogP contribution is 2.26. The lowest BCUT2D eigenvalue weighted by Crippen LogP contribution is -2.55. The quantitative estimate of drug-likeness (QED) is 0.802. The van der Waals surface area contributed by atoms with E-state index in [-0.39, 0.29) is 12.0 Å². The van der Waals surface area contributed by atoms with Crippen LogP contribution in [0, 0.1) is 6.92 Å². The van der Waals surface area contributed by atoms with Gasteiger partial charge in [0.05, 0.1) is 11.6 Å². The van der Waals surface area contributed by atoms with Crippen LogP contribution in [0.1, 0.15) is 38.7 Å². The van der Waals surface area contributed by atoms with E-state index in [4.69, 9.17) is 10.5 Å². The minimum absolute atomic E-state index is 0.0828.